The highest BCUT2D eigenvalue weighted by molar-refractivity contribution is 5.76. The summed E-state index contributed by atoms with van der Waals surface area (Å²) in [5.74, 6) is 0.853. The van der Waals surface area contributed by atoms with Crippen LogP contribution in [0.1, 0.15) is 30.5 Å². The fraction of sp³-hybridized carbons (Fsp3) is 0.294. The molecule has 0 bridgehead atoms. The summed E-state index contributed by atoms with van der Waals surface area (Å²) in [5.41, 5.74) is 2.10. The number of ether oxygens (including phenoxy) is 1. The van der Waals surface area contributed by atoms with Gasteiger partial charge < -0.3 is 10.1 Å². The largest absolute Gasteiger partial charge is 0.497 e. The number of methoxy groups -OCH3 is 1. The van der Waals surface area contributed by atoms with E-state index in [1.54, 1.807) is 19.5 Å². The van der Waals surface area contributed by atoms with E-state index in [-0.39, 0.29) is 11.9 Å². The van der Waals surface area contributed by atoms with Crippen LogP contribution in [0.25, 0.3) is 0 Å². The van der Waals surface area contributed by atoms with Crippen molar-refractivity contribution in [3.8, 4) is 5.75 Å². The highest BCUT2D eigenvalue weighted by Gasteiger charge is 2.09. The maximum absolute atomic E-state index is 12.0. The van der Waals surface area contributed by atoms with Crippen LogP contribution in [0.3, 0.4) is 0 Å². The predicted molar refractivity (Wildman–Crippen MR) is 82.1 cm³/mol. The number of benzene rings is 1. The zero-order valence-corrected chi connectivity index (χ0v) is 12.4. The zero-order chi connectivity index (χ0) is 15.1. The summed E-state index contributed by atoms with van der Waals surface area (Å²) in [4.78, 5) is 16.1. The second-order valence-electron chi connectivity index (χ2n) is 4.93. The van der Waals surface area contributed by atoms with Crippen LogP contribution in [-0.2, 0) is 11.2 Å². The number of pyridine rings is 1. The molecule has 1 aromatic heterocycles. The van der Waals surface area contributed by atoms with Gasteiger partial charge in [0.25, 0.3) is 0 Å². The normalized spacial score (nSPS) is 11.7. The van der Waals surface area contributed by atoms with E-state index >= 15 is 0 Å². The number of carbonyl (C=O) groups excluding carboxylic acids is 1. The van der Waals surface area contributed by atoms with Crippen LogP contribution in [-0.4, -0.2) is 18.0 Å². The minimum atomic E-state index is -0.0310. The molecule has 21 heavy (non-hydrogen) atoms. The molecule has 1 heterocycles. The monoisotopic (exact) mass is 284 g/mol. The lowest BCUT2D eigenvalue weighted by Gasteiger charge is -2.13. The molecule has 4 heteroatoms. The van der Waals surface area contributed by atoms with Crippen molar-refractivity contribution < 1.29 is 9.53 Å². The molecular formula is C17H20N2O2. The van der Waals surface area contributed by atoms with Crippen LogP contribution in [0.4, 0.5) is 0 Å². The second-order valence-corrected chi connectivity index (χ2v) is 4.93. The lowest BCUT2D eigenvalue weighted by Crippen LogP contribution is -2.26. The first-order valence-electron chi connectivity index (χ1n) is 7.01. The zero-order valence-electron chi connectivity index (χ0n) is 12.4. The van der Waals surface area contributed by atoms with Crippen molar-refractivity contribution in [3.63, 3.8) is 0 Å². The van der Waals surface area contributed by atoms with Gasteiger partial charge >= 0.3 is 0 Å². The Balaban J connectivity index is 1.84. The summed E-state index contributed by atoms with van der Waals surface area (Å²) >= 11 is 0. The van der Waals surface area contributed by atoms with Gasteiger partial charge in [0.05, 0.1) is 13.2 Å². The SMILES string of the molecule is COc1cccc(CCC(=O)NC(C)c2cccnc2)c1. The molecule has 0 aliphatic carbocycles. The number of aryl methyl sites for hydroxylation is 1. The van der Waals surface area contributed by atoms with Crippen LogP contribution in [0.5, 0.6) is 5.75 Å². The molecule has 2 aromatic rings. The van der Waals surface area contributed by atoms with Crippen molar-refractivity contribution in [1.29, 1.82) is 0 Å². The Morgan fingerprint density at radius 1 is 1.33 bits per heavy atom. The Morgan fingerprint density at radius 2 is 2.19 bits per heavy atom. The molecule has 0 radical (unpaired) electrons. The second kappa shape index (κ2) is 7.43. The van der Waals surface area contributed by atoms with E-state index in [2.05, 4.69) is 10.3 Å². The molecule has 110 valence electrons. The number of amides is 1. The highest BCUT2D eigenvalue weighted by atomic mass is 16.5. The third-order valence-corrected chi connectivity index (χ3v) is 3.34. The summed E-state index contributed by atoms with van der Waals surface area (Å²) < 4.78 is 5.18. The van der Waals surface area contributed by atoms with Gasteiger partial charge in [-0.2, -0.15) is 0 Å². The van der Waals surface area contributed by atoms with Gasteiger partial charge in [0.2, 0.25) is 5.91 Å². The smallest absolute Gasteiger partial charge is 0.220 e. The van der Waals surface area contributed by atoms with Crippen LogP contribution in [0, 0.1) is 0 Å². The molecule has 1 aromatic carbocycles. The van der Waals surface area contributed by atoms with Gasteiger partial charge in [-0.05, 0) is 42.7 Å². The van der Waals surface area contributed by atoms with Gasteiger partial charge in [-0.1, -0.05) is 18.2 Å². The third kappa shape index (κ3) is 4.60. The lowest BCUT2D eigenvalue weighted by atomic mass is 10.1. The van der Waals surface area contributed by atoms with Gasteiger partial charge in [0.15, 0.2) is 0 Å². The topological polar surface area (TPSA) is 51.2 Å². The van der Waals surface area contributed by atoms with E-state index in [9.17, 15) is 4.79 Å². The van der Waals surface area contributed by atoms with Gasteiger partial charge in [-0.15, -0.1) is 0 Å². The standard InChI is InChI=1S/C17H20N2O2/c1-13(15-6-4-10-18-12-15)19-17(20)9-8-14-5-3-7-16(11-14)21-2/h3-7,10-13H,8-9H2,1-2H3,(H,19,20). The number of carbonyl (C=O) groups is 1. The Kier molecular flexibility index (Phi) is 5.32. The summed E-state index contributed by atoms with van der Waals surface area (Å²) in [7, 11) is 1.64. The Labute approximate surface area is 125 Å². The van der Waals surface area contributed by atoms with E-state index < -0.39 is 0 Å². The Hall–Kier alpha value is -2.36. The summed E-state index contributed by atoms with van der Waals surface area (Å²) in [5, 5.41) is 2.98. The molecule has 1 amide bonds. The minimum absolute atomic E-state index is 0.0310. The number of hydrogen-bond acceptors (Lipinski definition) is 3. The maximum Gasteiger partial charge on any atom is 0.220 e. The van der Waals surface area contributed by atoms with Crippen molar-refractivity contribution in [2.24, 2.45) is 0 Å². The molecule has 1 unspecified atom stereocenters. The average molecular weight is 284 g/mol. The van der Waals surface area contributed by atoms with Crippen molar-refractivity contribution in [2.75, 3.05) is 7.11 Å². The maximum atomic E-state index is 12.0. The molecule has 4 nitrogen and oxygen atoms in total. The molecule has 2 rings (SSSR count). The minimum Gasteiger partial charge on any atom is -0.497 e. The van der Waals surface area contributed by atoms with Gasteiger partial charge in [0.1, 0.15) is 5.75 Å². The summed E-state index contributed by atoms with van der Waals surface area (Å²) in [6.07, 6.45) is 4.65. The number of rotatable bonds is 6. The van der Waals surface area contributed by atoms with Gasteiger partial charge in [-0.25, -0.2) is 0 Å². The molecule has 0 aliphatic rings. The quantitative estimate of drug-likeness (QED) is 0.887. The molecule has 0 aliphatic heterocycles. The number of nitrogens with one attached hydrogen (secondary N) is 1. The number of hydrogen-bond donors (Lipinski definition) is 1. The molecule has 1 atom stereocenters. The fourth-order valence-corrected chi connectivity index (χ4v) is 2.11. The molecule has 0 spiro atoms. The Bertz CT molecular complexity index is 584. The molecule has 0 fully saturated rings. The van der Waals surface area contributed by atoms with Crippen molar-refractivity contribution in [3.05, 3.63) is 59.9 Å². The number of aromatic nitrogens is 1. The molecule has 1 N–H and O–H groups in total. The lowest BCUT2D eigenvalue weighted by molar-refractivity contribution is -0.121. The first-order chi connectivity index (χ1) is 10.2. The average Bonchev–Trinajstić information content (AvgIpc) is 2.54. The van der Waals surface area contributed by atoms with E-state index in [1.807, 2.05) is 43.3 Å². The molecule has 0 saturated heterocycles. The van der Waals surface area contributed by atoms with E-state index in [0.29, 0.717) is 12.8 Å². The van der Waals surface area contributed by atoms with Crippen LogP contribution >= 0.6 is 0 Å². The first kappa shape index (κ1) is 15.0. The van der Waals surface area contributed by atoms with Crippen LogP contribution < -0.4 is 10.1 Å². The van der Waals surface area contributed by atoms with E-state index in [4.69, 9.17) is 4.74 Å². The van der Waals surface area contributed by atoms with Gasteiger partial charge in [-0.3, -0.25) is 9.78 Å². The van der Waals surface area contributed by atoms with Crippen molar-refractivity contribution in [1.82, 2.24) is 10.3 Å². The predicted octanol–water partition coefficient (Wildman–Crippen LogP) is 2.90. The molecular weight excluding hydrogens is 264 g/mol. The fourth-order valence-electron chi connectivity index (χ4n) is 2.11. The van der Waals surface area contributed by atoms with Gasteiger partial charge in [0, 0.05) is 18.8 Å². The summed E-state index contributed by atoms with van der Waals surface area (Å²) in [6, 6.07) is 11.6. The molecule has 0 saturated carbocycles. The summed E-state index contributed by atoms with van der Waals surface area (Å²) in [6.45, 7) is 1.96. The number of nitrogens with zero attached hydrogens (tertiary/aromatic N) is 1. The highest BCUT2D eigenvalue weighted by Crippen LogP contribution is 2.14. The van der Waals surface area contributed by atoms with E-state index in [1.165, 1.54) is 0 Å². The Morgan fingerprint density at radius 3 is 2.90 bits per heavy atom. The first-order valence-corrected chi connectivity index (χ1v) is 7.01. The van der Waals surface area contributed by atoms with Crippen LogP contribution in [0.2, 0.25) is 0 Å². The van der Waals surface area contributed by atoms with Crippen molar-refractivity contribution in [2.45, 2.75) is 25.8 Å². The van der Waals surface area contributed by atoms with E-state index in [0.717, 1.165) is 16.9 Å². The van der Waals surface area contributed by atoms with Crippen molar-refractivity contribution >= 4 is 5.91 Å². The third-order valence-electron chi connectivity index (χ3n) is 3.34. The van der Waals surface area contributed by atoms with Crippen LogP contribution in [0.15, 0.2) is 48.8 Å².